The lowest BCUT2D eigenvalue weighted by atomic mass is 10.1. The van der Waals surface area contributed by atoms with Crippen LogP contribution in [0.2, 0.25) is 10.0 Å². The average Bonchev–Trinajstić information content (AvgIpc) is 2.67. The maximum absolute atomic E-state index is 11.2. The van der Waals surface area contributed by atoms with Gasteiger partial charge in [-0.1, -0.05) is 47.6 Å². The first-order valence-electron chi connectivity index (χ1n) is 9.02. The van der Waals surface area contributed by atoms with Crippen molar-refractivity contribution in [1.29, 1.82) is 0 Å². The molecule has 2 aromatic carbocycles. The molecule has 0 bridgehead atoms. The first kappa shape index (κ1) is 21.3. The number of anilines is 1. The first-order chi connectivity index (χ1) is 13.8. The van der Waals surface area contributed by atoms with Crippen molar-refractivity contribution in [3.63, 3.8) is 0 Å². The largest absolute Gasteiger partial charge is 0.502 e. The molecule has 0 aliphatic carbocycles. The number of aryl methyl sites for hydroxylation is 3. The number of nitrogens with one attached hydrogen (secondary N) is 1. The van der Waals surface area contributed by atoms with Crippen molar-refractivity contribution < 1.29 is 9.67 Å². The number of hydrogen-bond donors (Lipinski definition) is 2. The number of hydrogen-bond acceptors (Lipinski definition) is 2. The number of thiocarbonyl (C=S) groups is 1. The van der Waals surface area contributed by atoms with Gasteiger partial charge in [0.2, 0.25) is 5.76 Å². The minimum atomic E-state index is -0.0593. The number of aliphatic hydroxyl groups is 1. The molecule has 3 nitrogen and oxygen atoms in total. The van der Waals surface area contributed by atoms with Crippen LogP contribution in [0.4, 0.5) is 5.69 Å². The van der Waals surface area contributed by atoms with Crippen molar-refractivity contribution in [2.24, 2.45) is 0 Å². The maximum Gasteiger partial charge on any atom is 0.288 e. The van der Waals surface area contributed by atoms with Gasteiger partial charge in [0, 0.05) is 27.9 Å². The number of benzene rings is 2. The zero-order valence-electron chi connectivity index (χ0n) is 16.3. The van der Waals surface area contributed by atoms with Crippen molar-refractivity contribution in [2.45, 2.75) is 20.8 Å². The third-order valence-electron chi connectivity index (χ3n) is 4.47. The first-order valence-corrected chi connectivity index (χ1v) is 10.2. The number of aliphatic hydroxyl groups excluding tert-OH is 1. The van der Waals surface area contributed by atoms with E-state index in [4.69, 9.17) is 35.4 Å². The number of halogens is 2. The van der Waals surface area contributed by atoms with Crippen LogP contribution >= 0.6 is 35.4 Å². The van der Waals surface area contributed by atoms with Gasteiger partial charge in [-0.15, -0.1) is 0 Å². The molecule has 0 aliphatic rings. The van der Waals surface area contributed by atoms with Crippen molar-refractivity contribution in [1.82, 2.24) is 0 Å². The summed E-state index contributed by atoms with van der Waals surface area (Å²) < 4.78 is 1.78. The van der Waals surface area contributed by atoms with E-state index in [0.717, 1.165) is 22.4 Å². The number of rotatable bonds is 4. The van der Waals surface area contributed by atoms with Crippen LogP contribution in [-0.4, -0.2) is 10.1 Å². The Balaban J connectivity index is 2.16. The summed E-state index contributed by atoms with van der Waals surface area (Å²) in [6, 6.07) is 14.9. The summed E-state index contributed by atoms with van der Waals surface area (Å²) in [6.07, 6.45) is 3.72. The minimum absolute atomic E-state index is 0.0593. The molecule has 6 heteroatoms. The molecule has 0 amide bonds. The summed E-state index contributed by atoms with van der Waals surface area (Å²) in [4.78, 5) is 0.364. The summed E-state index contributed by atoms with van der Waals surface area (Å²) in [6.45, 7) is 5.99. The molecule has 0 radical (unpaired) electrons. The van der Waals surface area contributed by atoms with Gasteiger partial charge in [-0.2, -0.15) is 4.57 Å². The van der Waals surface area contributed by atoms with E-state index in [1.807, 2.05) is 63.5 Å². The number of pyridine rings is 1. The summed E-state index contributed by atoms with van der Waals surface area (Å²) in [5, 5.41) is 15.3. The van der Waals surface area contributed by atoms with Crippen LogP contribution in [-0.2, 0) is 0 Å². The van der Waals surface area contributed by atoms with Gasteiger partial charge < -0.3 is 10.4 Å². The Hall–Kier alpha value is -2.40. The van der Waals surface area contributed by atoms with Crippen molar-refractivity contribution in [3.8, 4) is 0 Å². The Bertz CT molecular complexity index is 1130. The van der Waals surface area contributed by atoms with Crippen LogP contribution in [0.1, 0.15) is 22.3 Å². The highest BCUT2D eigenvalue weighted by Gasteiger charge is 2.26. The molecule has 0 spiro atoms. The van der Waals surface area contributed by atoms with E-state index in [0.29, 0.717) is 26.3 Å². The van der Waals surface area contributed by atoms with Crippen LogP contribution in [0.15, 0.2) is 60.9 Å². The van der Waals surface area contributed by atoms with Gasteiger partial charge in [0.15, 0.2) is 17.4 Å². The van der Waals surface area contributed by atoms with Crippen LogP contribution < -0.4 is 9.88 Å². The molecule has 0 saturated carbocycles. The molecular weight excluding hydrogens is 423 g/mol. The van der Waals surface area contributed by atoms with Crippen LogP contribution in [0, 0.1) is 20.8 Å². The van der Waals surface area contributed by atoms with Gasteiger partial charge in [-0.05, 0) is 62.2 Å². The molecule has 2 N–H and O–H groups in total. The molecule has 0 fully saturated rings. The second-order valence-corrected chi connectivity index (χ2v) is 8.13. The second-order valence-electron chi connectivity index (χ2n) is 6.88. The number of aromatic nitrogens is 1. The van der Waals surface area contributed by atoms with Crippen LogP contribution in [0.3, 0.4) is 0 Å². The lowest BCUT2D eigenvalue weighted by Crippen LogP contribution is -2.38. The topological polar surface area (TPSA) is 36.1 Å². The molecule has 148 valence electrons. The van der Waals surface area contributed by atoms with E-state index in [-0.39, 0.29) is 5.76 Å². The minimum Gasteiger partial charge on any atom is -0.502 e. The van der Waals surface area contributed by atoms with E-state index in [1.165, 1.54) is 0 Å². The van der Waals surface area contributed by atoms with Crippen molar-refractivity contribution in [3.05, 3.63) is 93.2 Å². The lowest BCUT2D eigenvalue weighted by Gasteiger charge is -2.13. The quantitative estimate of drug-likeness (QED) is 0.208. The van der Waals surface area contributed by atoms with Crippen molar-refractivity contribution in [2.75, 3.05) is 5.32 Å². The van der Waals surface area contributed by atoms with Crippen molar-refractivity contribution >= 4 is 57.6 Å². The summed E-state index contributed by atoms with van der Waals surface area (Å²) in [7, 11) is 0. The standard InChI is InChI=1S/C23H20Cl2N2OS/c1-14-6-7-16(3)20(11-14)26-23(29)21(27-10-4-5-15(2)13-27)22(28)18-12-17(24)8-9-19(18)25/h4-13H,1-3H3,(H-,26,28,29)/p+1. The zero-order chi connectivity index (χ0) is 21.1. The molecule has 3 rings (SSSR count). The third kappa shape index (κ3) is 4.96. The maximum atomic E-state index is 11.2. The van der Waals surface area contributed by atoms with Gasteiger partial charge in [0.25, 0.3) is 5.70 Å². The van der Waals surface area contributed by atoms with Crippen LogP contribution in [0.5, 0.6) is 0 Å². The fourth-order valence-corrected chi connectivity index (χ4v) is 3.63. The molecule has 0 atom stereocenters. The highest BCUT2D eigenvalue weighted by Crippen LogP contribution is 2.29. The monoisotopic (exact) mass is 443 g/mol. The fraction of sp³-hybridized carbons (Fsp3) is 0.130. The Labute approximate surface area is 186 Å². The average molecular weight is 444 g/mol. The van der Waals surface area contributed by atoms with E-state index < -0.39 is 0 Å². The number of nitrogens with zero attached hydrogens (tertiary/aromatic N) is 1. The molecule has 0 aliphatic heterocycles. The molecular formula is C23H21Cl2N2OS+. The predicted octanol–water partition coefficient (Wildman–Crippen LogP) is 6.53. The third-order valence-corrected chi connectivity index (χ3v) is 5.33. The highest BCUT2D eigenvalue weighted by atomic mass is 35.5. The van der Waals surface area contributed by atoms with Gasteiger partial charge in [-0.3, -0.25) is 0 Å². The van der Waals surface area contributed by atoms with E-state index in [1.54, 1.807) is 22.8 Å². The Kier molecular flexibility index (Phi) is 6.58. The fourth-order valence-electron chi connectivity index (χ4n) is 2.94. The lowest BCUT2D eigenvalue weighted by molar-refractivity contribution is -0.576. The van der Waals surface area contributed by atoms with Gasteiger partial charge in [0.05, 0.1) is 5.02 Å². The summed E-state index contributed by atoms with van der Waals surface area (Å²) in [5.74, 6) is -0.0593. The summed E-state index contributed by atoms with van der Waals surface area (Å²) in [5.41, 5.74) is 4.88. The van der Waals surface area contributed by atoms with Gasteiger partial charge >= 0.3 is 0 Å². The predicted molar refractivity (Wildman–Crippen MR) is 126 cm³/mol. The van der Waals surface area contributed by atoms with Gasteiger partial charge in [0.1, 0.15) is 0 Å². The Morgan fingerprint density at radius 3 is 2.48 bits per heavy atom. The molecule has 29 heavy (non-hydrogen) atoms. The molecule has 0 unspecified atom stereocenters. The molecule has 0 saturated heterocycles. The second kappa shape index (κ2) is 8.95. The van der Waals surface area contributed by atoms with E-state index in [2.05, 4.69) is 5.32 Å². The van der Waals surface area contributed by atoms with Gasteiger partial charge in [-0.25, -0.2) is 0 Å². The van der Waals surface area contributed by atoms with Crippen LogP contribution in [0.25, 0.3) is 11.5 Å². The summed E-state index contributed by atoms with van der Waals surface area (Å²) >= 11 is 18.2. The smallest absolute Gasteiger partial charge is 0.288 e. The van der Waals surface area contributed by atoms with E-state index in [9.17, 15) is 5.11 Å². The molecule has 1 heterocycles. The molecule has 3 aromatic rings. The SMILES string of the molecule is Cc1ccc(C)c(NC(=S)/C(=C(/O)c2cc(Cl)ccc2Cl)[n+]2cccc(C)c2)c1. The van der Waals surface area contributed by atoms with E-state index >= 15 is 0 Å². The Morgan fingerprint density at radius 2 is 1.76 bits per heavy atom. The Morgan fingerprint density at radius 1 is 1.00 bits per heavy atom. The zero-order valence-corrected chi connectivity index (χ0v) is 18.7. The normalized spacial score (nSPS) is 11.8. The highest BCUT2D eigenvalue weighted by molar-refractivity contribution is 7.81. The molecule has 1 aromatic heterocycles.